The molecular formula is C14H11Cl3O4S2. The second-order valence-corrected chi connectivity index (χ2v) is 11.7. The van der Waals surface area contributed by atoms with Crippen molar-refractivity contribution in [3.63, 3.8) is 0 Å². The van der Waals surface area contributed by atoms with Crippen LogP contribution >= 0.6 is 34.8 Å². The third-order valence-corrected chi connectivity index (χ3v) is 8.20. The van der Waals surface area contributed by atoms with Gasteiger partial charge in [-0.3, -0.25) is 0 Å². The van der Waals surface area contributed by atoms with Gasteiger partial charge in [0.15, 0.2) is 0 Å². The summed E-state index contributed by atoms with van der Waals surface area (Å²) in [6, 6.07) is 10.8. The van der Waals surface area contributed by atoms with E-state index in [9.17, 15) is 16.8 Å². The van der Waals surface area contributed by atoms with Crippen LogP contribution in [0.1, 0.15) is 5.56 Å². The van der Waals surface area contributed by atoms with Crippen molar-refractivity contribution in [1.82, 2.24) is 0 Å². The number of sulfone groups is 2. The molecule has 0 heterocycles. The first-order chi connectivity index (χ1) is 10.5. The van der Waals surface area contributed by atoms with E-state index in [4.69, 9.17) is 34.8 Å². The van der Waals surface area contributed by atoms with Gasteiger partial charge < -0.3 is 0 Å². The predicted molar refractivity (Wildman–Crippen MR) is 90.5 cm³/mol. The summed E-state index contributed by atoms with van der Waals surface area (Å²) in [5.41, 5.74) is 0.924. The molecule has 2 rings (SSSR count). The minimum absolute atomic E-state index is 0.0513. The molecule has 0 saturated heterocycles. The summed E-state index contributed by atoms with van der Waals surface area (Å²) in [5, 5.41) is 0. The third-order valence-electron chi connectivity index (χ3n) is 3.08. The van der Waals surface area contributed by atoms with Gasteiger partial charge in [0.05, 0.1) is 14.7 Å². The zero-order valence-electron chi connectivity index (χ0n) is 11.7. The zero-order valence-corrected chi connectivity index (χ0v) is 15.6. The van der Waals surface area contributed by atoms with Gasteiger partial charge in [0.2, 0.25) is 19.7 Å². The minimum atomic E-state index is -4.21. The van der Waals surface area contributed by atoms with Crippen molar-refractivity contribution in [2.45, 2.75) is 24.7 Å². The van der Waals surface area contributed by atoms with Gasteiger partial charge >= 0.3 is 0 Å². The van der Waals surface area contributed by atoms with Gasteiger partial charge in [-0.05, 0) is 43.3 Å². The van der Waals surface area contributed by atoms with Crippen molar-refractivity contribution in [3.8, 4) is 0 Å². The molecule has 0 aliphatic carbocycles. The molecule has 0 aromatic heterocycles. The molecule has 9 heteroatoms. The molecule has 124 valence electrons. The Kier molecular flexibility index (Phi) is 5.05. The smallest absolute Gasteiger partial charge is 0.219 e. The third kappa shape index (κ3) is 3.67. The van der Waals surface area contributed by atoms with Crippen LogP contribution in [0.5, 0.6) is 0 Å². The lowest BCUT2D eigenvalue weighted by Crippen LogP contribution is -2.19. The van der Waals surface area contributed by atoms with Crippen LogP contribution in [0.2, 0.25) is 0 Å². The summed E-state index contributed by atoms with van der Waals surface area (Å²) in [6.07, 6.45) is 0. The van der Waals surface area contributed by atoms with E-state index in [2.05, 4.69) is 0 Å². The van der Waals surface area contributed by atoms with Crippen molar-refractivity contribution in [2.75, 3.05) is 0 Å². The normalized spacial score (nSPS) is 13.0. The first-order valence-corrected chi connectivity index (χ1v) is 10.3. The monoisotopic (exact) mass is 412 g/mol. The molecule has 2 aromatic rings. The molecule has 0 atom stereocenters. The Morgan fingerprint density at radius 1 is 0.696 bits per heavy atom. The van der Waals surface area contributed by atoms with Crippen molar-refractivity contribution in [1.29, 1.82) is 0 Å². The van der Waals surface area contributed by atoms with Crippen LogP contribution in [0, 0.1) is 6.92 Å². The highest BCUT2D eigenvalue weighted by Crippen LogP contribution is 2.38. The fourth-order valence-corrected chi connectivity index (χ4v) is 4.61. The fraction of sp³-hybridized carbons (Fsp3) is 0.143. The lowest BCUT2D eigenvalue weighted by Gasteiger charge is -2.12. The lowest BCUT2D eigenvalue weighted by atomic mass is 10.2. The van der Waals surface area contributed by atoms with E-state index in [0.717, 1.165) is 17.7 Å². The molecular weight excluding hydrogens is 403 g/mol. The highest BCUT2D eigenvalue weighted by Gasteiger charge is 2.39. The topological polar surface area (TPSA) is 68.3 Å². The largest absolute Gasteiger partial charge is 0.296 e. The van der Waals surface area contributed by atoms with Crippen molar-refractivity contribution < 1.29 is 16.8 Å². The van der Waals surface area contributed by atoms with E-state index in [-0.39, 0.29) is 14.7 Å². The van der Waals surface area contributed by atoms with E-state index >= 15 is 0 Å². The number of aryl methyl sites for hydroxylation is 1. The molecule has 0 unspecified atom stereocenters. The number of halogens is 3. The molecule has 2 aromatic carbocycles. The average Bonchev–Trinajstić information content (AvgIpc) is 2.46. The van der Waals surface area contributed by atoms with Crippen molar-refractivity contribution in [2.24, 2.45) is 0 Å². The molecule has 0 spiro atoms. The summed E-state index contributed by atoms with van der Waals surface area (Å²) < 4.78 is 46.4. The summed E-state index contributed by atoms with van der Waals surface area (Å²) in [6.45, 7) is 1.84. The quantitative estimate of drug-likeness (QED) is 0.715. The van der Waals surface area contributed by atoms with Gasteiger partial charge in [-0.15, -0.1) is 0 Å². The van der Waals surface area contributed by atoms with Crippen LogP contribution < -0.4 is 0 Å². The van der Waals surface area contributed by atoms with Gasteiger partial charge in [0, 0.05) is 0 Å². The van der Waals surface area contributed by atoms with Crippen LogP contribution in [0.25, 0.3) is 0 Å². The molecule has 0 aliphatic rings. The second kappa shape index (κ2) is 6.26. The van der Waals surface area contributed by atoms with Crippen molar-refractivity contribution >= 4 is 54.5 Å². The van der Waals surface area contributed by atoms with Gasteiger partial charge in [-0.1, -0.05) is 52.5 Å². The molecule has 0 N–H and O–H groups in total. The van der Waals surface area contributed by atoms with Gasteiger partial charge in [0.1, 0.15) is 0 Å². The first kappa shape index (κ1) is 18.5. The number of hydrogen-bond acceptors (Lipinski definition) is 4. The molecule has 0 fully saturated rings. The van der Waals surface area contributed by atoms with Crippen molar-refractivity contribution in [3.05, 3.63) is 54.1 Å². The molecule has 0 radical (unpaired) electrons. The molecule has 0 amide bonds. The Bertz CT molecular complexity index is 911. The second-order valence-electron chi connectivity index (χ2n) is 4.74. The summed E-state index contributed by atoms with van der Waals surface area (Å²) in [5.74, 6) is 0. The number of hydrogen-bond donors (Lipinski definition) is 0. The number of rotatable bonds is 3. The number of alkyl halides is 3. The van der Waals surface area contributed by atoms with Gasteiger partial charge in [0.25, 0.3) is 3.12 Å². The van der Waals surface area contributed by atoms with Gasteiger partial charge in [-0.2, -0.15) is 0 Å². The summed E-state index contributed by atoms with van der Waals surface area (Å²) >= 11 is 16.3. The Balaban J connectivity index is 2.46. The zero-order chi connectivity index (χ0) is 17.5. The first-order valence-electron chi connectivity index (χ1n) is 6.19. The molecule has 0 aliphatic heterocycles. The van der Waals surface area contributed by atoms with Crippen LogP contribution in [0.15, 0.2) is 63.2 Å². The van der Waals surface area contributed by atoms with Crippen LogP contribution in [-0.2, 0) is 19.7 Å². The van der Waals surface area contributed by atoms with Gasteiger partial charge in [-0.25, -0.2) is 16.8 Å². The maximum Gasteiger partial charge on any atom is 0.296 e. The standard InChI is InChI=1S/C14H11Cl3O4S2/c1-10-2-4-11(5-3-10)22(18,19)12-6-8-13(9-7-12)23(20,21)14(15,16)17/h2-9H,1H3. The Labute approximate surface area is 149 Å². The highest BCUT2D eigenvalue weighted by atomic mass is 35.6. The molecule has 0 saturated carbocycles. The fourth-order valence-electron chi connectivity index (χ4n) is 1.79. The Morgan fingerprint density at radius 2 is 1.04 bits per heavy atom. The van der Waals surface area contributed by atoms with Crippen LogP contribution in [-0.4, -0.2) is 20.0 Å². The van der Waals surface area contributed by atoms with E-state index in [0.29, 0.717) is 0 Å². The highest BCUT2D eigenvalue weighted by molar-refractivity contribution is 7.97. The average molecular weight is 414 g/mol. The molecule has 4 nitrogen and oxygen atoms in total. The van der Waals surface area contributed by atoms with E-state index in [1.165, 1.54) is 24.3 Å². The Hall–Kier alpha value is -0.790. The SMILES string of the molecule is Cc1ccc(S(=O)(=O)c2ccc(S(=O)(=O)C(Cl)(Cl)Cl)cc2)cc1. The summed E-state index contributed by atoms with van der Waals surface area (Å²) in [7, 11) is -7.95. The summed E-state index contributed by atoms with van der Waals surface area (Å²) in [4.78, 5) is -0.218. The minimum Gasteiger partial charge on any atom is -0.219 e. The predicted octanol–water partition coefficient (Wildman–Crippen LogP) is 3.93. The molecule has 0 bridgehead atoms. The van der Waals surface area contributed by atoms with E-state index in [1.54, 1.807) is 12.1 Å². The lowest BCUT2D eigenvalue weighted by molar-refractivity contribution is 0.592. The maximum atomic E-state index is 12.5. The Morgan fingerprint density at radius 3 is 1.43 bits per heavy atom. The molecule has 23 heavy (non-hydrogen) atoms. The number of benzene rings is 2. The van der Waals surface area contributed by atoms with E-state index < -0.39 is 22.8 Å². The van der Waals surface area contributed by atoms with Crippen LogP contribution in [0.3, 0.4) is 0 Å². The maximum absolute atomic E-state index is 12.5. The van der Waals surface area contributed by atoms with E-state index in [1.807, 2.05) is 6.92 Å². The van der Waals surface area contributed by atoms with Crippen LogP contribution in [0.4, 0.5) is 0 Å².